The van der Waals surface area contributed by atoms with E-state index in [1.165, 1.54) is 6.07 Å². The van der Waals surface area contributed by atoms with E-state index in [0.29, 0.717) is 13.0 Å². The molecule has 0 radical (unpaired) electrons. The fourth-order valence-corrected chi connectivity index (χ4v) is 5.44. The van der Waals surface area contributed by atoms with Crippen molar-refractivity contribution in [2.24, 2.45) is 0 Å². The molecule has 1 aliphatic rings. The molecule has 1 fully saturated rings. The second-order valence-corrected chi connectivity index (χ2v) is 9.65. The van der Waals surface area contributed by atoms with Crippen LogP contribution in [0.15, 0.2) is 46.1 Å². The van der Waals surface area contributed by atoms with Crippen molar-refractivity contribution in [2.75, 3.05) is 26.7 Å². The number of aliphatic hydroxyl groups is 2. The van der Waals surface area contributed by atoms with Crippen LogP contribution in [0.5, 0.6) is 0 Å². The number of thiophene rings is 1. The van der Waals surface area contributed by atoms with E-state index in [0.717, 1.165) is 17.0 Å². The molecule has 1 aliphatic heterocycles. The molecule has 3 N–H and O–H groups in total. The molecule has 0 aliphatic carbocycles. The second-order valence-electron chi connectivity index (χ2n) is 6.71. The predicted octanol–water partition coefficient (Wildman–Crippen LogP) is 0.0851. The maximum absolute atomic E-state index is 12.4. The van der Waals surface area contributed by atoms with Gasteiger partial charge in [0.1, 0.15) is 16.4 Å². The van der Waals surface area contributed by atoms with Crippen LogP contribution in [0.1, 0.15) is 5.69 Å². The highest BCUT2D eigenvalue weighted by molar-refractivity contribution is 7.91. The smallest absolute Gasteiger partial charge is 0.250 e. The molecular formula is C18H25N3O5S2. The Morgan fingerprint density at radius 1 is 1.29 bits per heavy atom. The third kappa shape index (κ3) is 4.95. The molecule has 2 aromatic rings. The zero-order chi connectivity index (χ0) is 20.1. The lowest BCUT2D eigenvalue weighted by Gasteiger charge is -2.30. The summed E-state index contributed by atoms with van der Waals surface area (Å²) >= 11 is 1.13. The molecular weight excluding hydrogens is 402 g/mol. The average Bonchev–Trinajstić information content (AvgIpc) is 3.34. The van der Waals surface area contributed by atoms with Crippen LogP contribution in [-0.4, -0.2) is 79.6 Å². The van der Waals surface area contributed by atoms with Crippen molar-refractivity contribution in [2.45, 2.75) is 35.0 Å². The van der Waals surface area contributed by atoms with E-state index >= 15 is 0 Å². The van der Waals surface area contributed by atoms with Gasteiger partial charge in [0, 0.05) is 31.4 Å². The predicted molar refractivity (Wildman–Crippen MR) is 106 cm³/mol. The maximum atomic E-state index is 12.4. The van der Waals surface area contributed by atoms with Gasteiger partial charge in [0.15, 0.2) is 0 Å². The Kier molecular flexibility index (Phi) is 7.15. The first kappa shape index (κ1) is 21.3. The Morgan fingerprint density at radius 2 is 2.11 bits per heavy atom. The Hall–Kier alpha value is -1.40. The third-order valence-corrected chi connectivity index (χ3v) is 7.65. The summed E-state index contributed by atoms with van der Waals surface area (Å²) in [5, 5.41) is 21.8. The summed E-state index contributed by atoms with van der Waals surface area (Å²) in [7, 11) is -1.79. The molecule has 154 valence electrons. The van der Waals surface area contributed by atoms with Gasteiger partial charge in [0.05, 0.1) is 18.8 Å². The van der Waals surface area contributed by atoms with Crippen molar-refractivity contribution in [3.63, 3.8) is 0 Å². The molecule has 0 unspecified atom stereocenters. The Balaban J connectivity index is 1.65. The number of nitrogens with zero attached hydrogens (tertiary/aromatic N) is 2. The molecule has 0 amide bonds. The van der Waals surface area contributed by atoms with E-state index in [2.05, 4.69) is 9.71 Å². The van der Waals surface area contributed by atoms with Crippen LogP contribution >= 0.6 is 11.3 Å². The number of hydrogen-bond donors (Lipinski definition) is 3. The average molecular weight is 428 g/mol. The van der Waals surface area contributed by atoms with Crippen LogP contribution < -0.4 is 4.72 Å². The number of aromatic nitrogens is 1. The zero-order valence-corrected chi connectivity index (χ0v) is 17.1. The summed E-state index contributed by atoms with van der Waals surface area (Å²) < 4.78 is 33.3. The minimum atomic E-state index is -3.63. The van der Waals surface area contributed by atoms with Gasteiger partial charge in [-0.3, -0.25) is 9.88 Å². The molecule has 3 rings (SSSR count). The third-order valence-electron chi connectivity index (χ3n) is 4.83. The van der Waals surface area contributed by atoms with E-state index in [9.17, 15) is 18.6 Å². The minimum absolute atomic E-state index is 0.00634. The number of hydrogen-bond acceptors (Lipinski definition) is 8. The van der Waals surface area contributed by atoms with Crippen LogP contribution in [0, 0.1) is 0 Å². The van der Waals surface area contributed by atoms with Crippen LogP contribution in [0.4, 0.5) is 0 Å². The van der Waals surface area contributed by atoms with E-state index in [1.54, 1.807) is 17.6 Å². The highest BCUT2D eigenvalue weighted by Crippen LogP contribution is 2.26. The van der Waals surface area contributed by atoms with Gasteiger partial charge < -0.3 is 14.9 Å². The van der Waals surface area contributed by atoms with Crippen molar-refractivity contribution >= 4 is 21.4 Å². The van der Waals surface area contributed by atoms with Crippen molar-refractivity contribution < 1.29 is 23.4 Å². The van der Waals surface area contributed by atoms with Crippen LogP contribution in [0.2, 0.25) is 0 Å². The Bertz CT molecular complexity index is 832. The number of rotatable bonds is 9. The van der Waals surface area contributed by atoms with Gasteiger partial charge in [-0.25, -0.2) is 13.1 Å². The van der Waals surface area contributed by atoms with Crippen molar-refractivity contribution in [3.05, 3.63) is 47.6 Å². The van der Waals surface area contributed by atoms with Crippen LogP contribution in [0.3, 0.4) is 0 Å². The highest BCUT2D eigenvalue weighted by atomic mass is 32.2. The van der Waals surface area contributed by atoms with Gasteiger partial charge in [-0.2, -0.15) is 0 Å². The van der Waals surface area contributed by atoms with E-state index < -0.39 is 34.4 Å². The van der Waals surface area contributed by atoms with Gasteiger partial charge in [0.25, 0.3) is 0 Å². The molecule has 0 bridgehead atoms. The lowest BCUT2D eigenvalue weighted by atomic mass is 10.0. The van der Waals surface area contributed by atoms with E-state index in [-0.39, 0.29) is 17.4 Å². The lowest BCUT2D eigenvalue weighted by Crippen LogP contribution is -2.50. The first-order valence-corrected chi connectivity index (χ1v) is 11.4. The number of pyridine rings is 1. The van der Waals surface area contributed by atoms with E-state index in [4.69, 9.17) is 4.74 Å². The molecule has 10 heteroatoms. The monoisotopic (exact) mass is 427 g/mol. The minimum Gasteiger partial charge on any atom is -0.394 e. The fraction of sp³-hybridized carbons (Fsp3) is 0.500. The summed E-state index contributed by atoms with van der Waals surface area (Å²) in [6.07, 6.45) is 0.147. The molecule has 28 heavy (non-hydrogen) atoms. The summed E-state index contributed by atoms with van der Waals surface area (Å²) in [5.74, 6) is 0. The van der Waals surface area contributed by atoms with Gasteiger partial charge in [-0.15, -0.1) is 11.3 Å². The molecule has 0 spiro atoms. The molecule has 1 saturated heterocycles. The molecule has 0 aromatic carbocycles. The second kappa shape index (κ2) is 9.40. The quantitative estimate of drug-likeness (QED) is 0.520. The molecule has 0 saturated carbocycles. The van der Waals surface area contributed by atoms with Gasteiger partial charge in [0.2, 0.25) is 10.0 Å². The number of aliphatic hydroxyl groups excluding tert-OH is 2. The molecule has 4 atom stereocenters. The SMILES string of the molecule is CN(CCc1ccccn1)[C@@H]1[C@H](O)[C@H](CO)O[C@@H]1CNS(=O)(=O)c1cccs1. The summed E-state index contributed by atoms with van der Waals surface area (Å²) in [6.45, 7) is 0.279. The summed E-state index contributed by atoms with van der Waals surface area (Å²) in [5.41, 5.74) is 0.927. The van der Waals surface area contributed by atoms with Crippen molar-refractivity contribution in [1.82, 2.24) is 14.6 Å². The van der Waals surface area contributed by atoms with Gasteiger partial charge >= 0.3 is 0 Å². The Morgan fingerprint density at radius 3 is 2.75 bits per heavy atom. The first-order valence-electron chi connectivity index (χ1n) is 9.00. The van der Waals surface area contributed by atoms with Crippen LogP contribution in [-0.2, 0) is 21.2 Å². The fourth-order valence-electron chi connectivity index (χ4n) is 3.36. The summed E-state index contributed by atoms with van der Waals surface area (Å²) in [4.78, 5) is 6.22. The zero-order valence-electron chi connectivity index (χ0n) is 15.5. The number of likely N-dealkylation sites (N-methyl/N-ethyl adjacent to an activating group) is 1. The van der Waals surface area contributed by atoms with Crippen LogP contribution in [0.25, 0.3) is 0 Å². The lowest BCUT2D eigenvalue weighted by molar-refractivity contribution is -0.0201. The van der Waals surface area contributed by atoms with Gasteiger partial charge in [-0.05, 0) is 30.6 Å². The van der Waals surface area contributed by atoms with Crippen molar-refractivity contribution in [3.8, 4) is 0 Å². The number of ether oxygens (including phenoxy) is 1. The summed E-state index contributed by atoms with van der Waals surface area (Å²) in [6, 6.07) is 8.45. The molecule has 8 nitrogen and oxygen atoms in total. The number of nitrogens with one attached hydrogen (secondary N) is 1. The molecule has 3 heterocycles. The highest BCUT2D eigenvalue weighted by Gasteiger charge is 2.45. The van der Waals surface area contributed by atoms with Crippen molar-refractivity contribution in [1.29, 1.82) is 0 Å². The van der Waals surface area contributed by atoms with E-state index in [1.807, 2.05) is 30.1 Å². The Labute approximate surface area is 168 Å². The normalized spacial score (nSPS) is 25.4. The number of sulfonamides is 1. The largest absolute Gasteiger partial charge is 0.394 e. The standard InChI is InChI=1S/C18H25N3O5S2/c1-21(9-7-13-5-2-3-8-19-13)17-14(26-15(12-22)18(17)23)11-20-28(24,25)16-6-4-10-27-16/h2-6,8,10,14-15,17-18,20,22-23H,7,9,11-12H2,1H3/t14-,15+,17+,18-/m1/s1. The first-order chi connectivity index (χ1) is 13.4. The topological polar surface area (TPSA) is 112 Å². The van der Waals surface area contributed by atoms with Gasteiger partial charge in [-0.1, -0.05) is 12.1 Å². The maximum Gasteiger partial charge on any atom is 0.250 e. The molecule has 2 aromatic heterocycles.